The van der Waals surface area contributed by atoms with Gasteiger partial charge in [-0.2, -0.15) is 0 Å². The predicted octanol–water partition coefficient (Wildman–Crippen LogP) is 3.22. The fraction of sp³-hybridized carbons (Fsp3) is 0.500. The van der Waals surface area contributed by atoms with Gasteiger partial charge in [0, 0.05) is 70.9 Å². The second-order valence-corrected chi connectivity index (χ2v) is 9.16. The SMILES string of the molecule is COCC(=O)N1CC[C@@H]2[C@H](C1)[C@@H](c1ccc(OC)cc1)CN2Cc1ccc(N(C)C)cc1. The molecule has 0 bridgehead atoms. The van der Waals surface area contributed by atoms with E-state index in [9.17, 15) is 4.79 Å². The van der Waals surface area contributed by atoms with Crippen LogP contribution in [0.15, 0.2) is 48.5 Å². The molecule has 0 aliphatic carbocycles. The van der Waals surface area contributed by atoms with E-state index in [0.29, 0.717) is 17.9 Å². The zero-order valence-electron chi connectivity index (χ0n) is 19.7. The molecule has 2 heterocycles. The molecular formula is C26H35N3O3. The van der Waals surface area contributed by atoms with Crippen molar-refractivity contribution in [1.82, 2.24) is 9.80 Å². The Kier molecular flexibility index (Phi) is 7.01. The largest absolute Gasteiger partial charge is 0.497 e. The van der Waals surface area contributed by atoms with Gasteiger partial charge in [0.05, 0.1) is 7.11 Å². The number of hydrogen-bond donors (Lipinski definition) is 0. The molecule has 172 valence electrons. The van der Waals surface area contributed by atoms with Gasteiger partial charge in [0.1, 0.15) is 12.4 Å². The number of amides is 1. The Bertz CT molecular complexity index is 898. The number of methoxy groups -OCH3 is 2. The monoisotopic (exact) mass is 437 g/mol. The van der Waals surface area contributed by atoms with Gasteiger partial charge in [0.15, 0.2) is 0 Å². The highest BCUT2D eigenvalue weighted by atomic mass is 16.5. The molecule has 1 amide bonds. The van der Waals surface area contributed by atoms with Crippen LogP contribution in [0.5, 0.6) is 5.75 Å². The van der Waals surface area contributed by atoms with Gasteiger partial charge in [-0.25, -0.2) is 0 Å². The lowest BCUT2D eigenvalue weighted by molar-refractivity contribution is -0.137. The summed E-state index contributed by atoms with van der Waals surface area (Å²) in [6.07, 6.45) is 1.00. The van der Waals surface area contributed by atoms with Gasteiger partial charge in [-0.3, -0.25) is 9.69 Å². The van der Waals surface area contributed by atoms with Crippen LogP contribution in [-0.4, -0.2) is 76.3 Å². The summed E-state index contributed by atoms with van der Waals surface area (Å²) < 4.78 is 10.5. The first-order chi connectivity index (χ1) is 15.5. The molecule has 2 aliphatic rings. The van der Waals surface area contributed by atoms with Crippen LogP contribution in [0.1, 0.15) is 23.5 Å². The zero-order chi connectivity index (χ0) is 22.7. The molecule has 2 fully saturated rings. The number of fused-ring (bicyclic) bond motifs is 1. The number of nitrogens with zero attached hydrogens (tertiary/aromatic N) is 3. The zero-order valence-corrected chi connectivity index (χ0v) is 19.7. The van der Waals surface area contributed by atoms with Gasteiger partial charge in [-0.05, 0) is 41.8 Å². The Morgan fingerprint density at radius 3 is 2.38 bits per heavy atom. The van der Waals surface area contributed by atoms with Crippen LogP contribution in [0.2, 0.25) is 0 Å². The lowest BCUT2D eigenvalue weighted by Crippen LogP contribution is -2.49. The quantitative estimate of drug-likeness (QED) is 0.666. The number of piperidine rings is 1. The van der Waals surface area contributed by atoms with E-state index in [1.165, 1.54) is 16.8 Å². The van der Waals surface area contributed by atoms with Gasteiger partial charge < -0.3 is 19.3 Å². The van der Waals surface area contributed by atoms with Gasteiger partial charge >= 0.3 is 0 Å². The van der Waals surface area contributed by atoms with Crippen molar-refractivity contribution < 1.29 is 14.3 Å². The van der Waals surface area contributed by atoms with Crippen molar-refractivity contribution >= 4 is 11.6 Å². The van der Waals surface area contributed by atoms with Crippen molar-refractivity contribution in [3.05, 3.63) is 59.7 Å². The third kappa shape index (κ3) is 4.76. The van der Waals surface area contributed by atoms with E-state index in [-0.39, 0.29) is 12.5 Å². The maximum absolute atomic E-state index is 12.5. The minimum absolute atomic E-state index is 0.0946. The van der Waals surface area contributed by atoms with Gasteiger partial charge in [0.25, 0.3) is 0 Å². The van der Waals surface area contributed by atoms with Crippen LogP contribution < -0.4 is 9.64 Å². The number of likely N-dealkylation sites (tertiary alicyclic amines) is 2. The van der Waals surface area contributed by atoms with E-state index in [2.05, 4.69) is 60.3 Å². The molecule has 6 heteroatoms. The number of hydrogen-bond acceptors (Lipinski definition) is 5. The summed E-state index contributed by atoms with van der Waals surface area (Å²) in [4.78, 5) is 19.3. The molecule has 0 saturated carbocycles. The van der Waals surface area contributed by atoms with Crippen molar-refractivity contribution in [2.24, 2.45) is 5.92 Å². The molecule has 2 aromatic carbocycles. The van der Waals surface area contributed by atoms with Gasteiger partial charge in [-0.1, -0.05) is 24.3 Å². The average Bonchev–Trinajstić information content (AvgIpc) is 3.17. The van der Waals surface area contributed by atoms with Crippen molar-refractivity contribution in [3.63, 3.8) is 0 Å². The minimum atomic E-state index is 0.0946. The van der Waals surface area contributed by atoms with E-state index < -0.39 is 0 Å². The smallest absolute Gasteiger partial charge is 0.248 e. The summed E-state index contributed by atoms with van der Waals surface area (Å²) in [5.74, 6) is 1.78. The molecule has 0 spiro atoms. The maximum Gasteiger partial charge on any atom is 0.248 e. The summed E-state index contributed by atoms with van der Waals surface area (Å²) >= 11 is 0. The molecule has 3 atom stereocenters. The molecule has 0 N–H and O–H groups in total. The Labute approximate surface area is 191 Å². The minimum Gasteiger partial charge on any atom is -0.497 e. The molecule has 2 saturated heterocycles. The van der Waals surface area contributed by atoms with Crippen LogP contribution in [-0.2, 0) is 16.1 Å². The first kappa shape index (κ1) is 22.6. The summed E-state index contributed by atoms with van der Waals surface area (Å²) in [5, 5.41) is 0. The van der Waals surface area contributed by atoms with Crippen LogP contribution >= 0.6 is 0 Å². The predicted molar refractivity (Wildman–Crippen MR) is 127 cm³/mol. The highest BCUT2D eigenvalue weighted by Gasteiger charge is 2.45. The van der Waals surface area contributed by atoms with Crippen molar-refractivity contribution in [2.45, 2.75) is 24.9 Å². The third-order valence-electron chi connectivity index (χ3n) is 7.04. The standard InChI is InChI=1S/C26H35N3O3/c1-27(2)21-9-5-19(6-10-21)15-29-16-23(20-7-11-22(32-4)12-8-20)24-17-28(14-13-25(24)29)26(30)18-31-3/h5-12,23-25H,13-18H2,1-4H3/t23-,24-,25-/m1/s1. The Balaban J connectivity index is 1.55. The summed E-state index contributed by atoms with van der Waals surface area (Å²) in [7, 11) is 7.42. The molecule has 0 radical (unpaired) electrons. The molecule has 4 rings (SSSR count). The second kappa shape index (κ2) is 9.92. The highest BCUT2D eigenvalue weighted by Crippen LogP contribution is 2.42. The lowest BCUT2D eigenvalue weighted by Gasteiger charge is -2.39. The first-order valence-corrected chi connectivity index (χ1v) is 11.4. The fourth-order valence-corrected chi connectivity index (χ4v) is 5.30. The molecule has 0 unspecified atom stereocenters. The Hall–Kier alpha value is -2.57. The van der Waals surface area contributed by atoms with Crippen molar-refractivity contribution in [1.29, 1.82) is 0 Å². The fourth-order valence-electron chi connectivity index (χ4n) is 5.30. The Morgan fingerprint density at radius 2 is 1.75 bits per heavy atom. The van der Waals surface area contributed by atoms with E-state index in [1.54, 1.807) is 14.2 Å². The van der Waals surface area contributed by atoms with Crippen LogP contribution in [0.3, 0.4) is 0 Å². The molecule has 0 aromatic heterocycles. The number of anilines is 1. The number of benzene rings is 2. The number of rotatable bonds is 7. The maximum atomic E-state index is 12.5. The van der Waals surface area contributed by atoms with Crippen LogP contribution in [0.4, 0.5) is 5.69 Å². The van der Waals surface area contributed by atoms with E-state index in [1.807, 2.05) is 17.0 Å². The molecule has 2 aliphatic heterocycles. The number of carbonyl (C=O) groups is 1. The summed E-state index contributed by atoms with van der Waals surface area (Å²) in [5.41, 5.74) is 3.88. The van der Waals surface area contributed by atoms with Gasteiger partial charge in [-0.15, -0.1) is 0 Å². The molecule has 6 nitrogen and oxygen atoms in total. The molecule has 32 heavy (non-hydrogen) atoms. The average molecular weight is 438 g/mol. The van der Waals surface area contributed by atoms with Crippen LogP contribution in [0, 0.1) is 5.92 Å². The molecule has 2 aromatic rings. The van der Waals surface area contributed by atoms with Crippen LogP contribution in [0.25, 0.3) is 0 Å². The Morgan fingerprint density at radius 1 is 1.03 bits per heavy atom. The topological polar surface area (TPSA) is 45.2 Å². The normalized spacial score (nSPS) is 23.1. The van der Waals surface area contributed by atoms with Crippen molar-refractivity contribution in [2.75, 3.05) is 59.5 Å². The summed E-state index contributed by atoms with van der Waals surface area (Å²) in [6, 6.07) is 17.8. The lowest BCUT2D eigenvalue weighted by atomic mass is 9.81. The van der Waals surface area contributed by atoms with E-state index >= 15 is 0 Å². The highest BCUT2D eigenvalue weighted by molar-refractivity contribution is 5.77. The second-order valence-electron chi connectivity index (χ2n) is 9.16. The van der Waals surface area contributed by atoms with E-state index in [0.717, 1.165) is 38.3 Å². The van der Waals surface area contributed by atoms with Gasteiger partial charge in [0.2, 0.25) is 5.91 Å². The van der Waals surface area contributed by atoms with E-state index in [4.69, 9.17) is 9.47 Å². The summed E-state index contributed by atoms with van der Waals surface area (Å²) in [6.45, 7) is 3.69. The first-order valence-electron chi connectivity index (χ1n) is 11.4. The number of ether oxygens (including phenoxy) is 2. The molecular weight excluding hydrogens is 402 g/mol. The number of carbonyl (C=O) groups excluding carboxylic acids is 1. The third-order valence-corrected chi connectivity index (χ3v) is 7.04. The van der Waals surface area contributed by atoms with Crippen molar-refractivity contribution in [3.8, 4) is 5.75 Å².